The summed E-state index contributed by atoms with van der Waals surface area (Å²) in [5, 5.41) is 0.736. The van der Waals surface area contributed by atoms with Gasteiger partial charge in [0.1, 0.15) is 0 Å². The lowest BCUT2D eigenvalue weighted by Gasteiger charge is -1.99. The number of rotatable bonds is 2. The first-order valence-electron chi connectivity index (χ1n) is 5.11. The summed E-state index contributed by atoms with van der Waals surface area (Å²) in [4.78, 5) is 4.36. The van der Waals surface area contributed by atoms with Gasteiger partial charge >= 0.3 is 0 Å². The van der Waals surface area contributed by atoms with E-state index >= 15 is 0 Å². The van der Waals surface area contributed by atoms with Crippen molar-refractivity contribution < 1.29 is 0 Å². The highest BCUT2D eigenvalue weighted by Gasteiger charge is 1.96. The van der Waals surface area contributed by atoms with Crippen LogP contribution >= 0.6 is 11.6 Å². The average Bonchev–Trinajstić information content (AvgIpc) is 2.29. The molecular formula is C14H12ClN. The van der Waals surface area contributed by atoms with Crippen LogP contribution in [0.1, 0.15) is 11.1 Å². The van der Waals surface area contributed by atoms with Gasteiger partial charge in [-0.05, 0) is 30.7 Å². The fourth-order valence-corrected chi connectivity index (χ4v) is 1.68. The molecule has 80 valence electrons. The molecule has 16 heavy (non-hydrogen) atoms. The Balaban J connectivity index is 2.24. The predicted octanol–water partition coefficient (Wildman–Crippen LogP) is 4.40. The van der Waals surface area contributed by atoms with Crippen molar-refractivity contribution in [2.75, 3.05) is 0 Å². The van der Waals surface area contributed by atoms with Crippen LogP contribution in [0.4, 0.5) is 5.69 Å². The van der Waals surface area contributed by atoms with Crippen LogP contribution in [0.5, 0.6) is 0 Å². The lowest BCUT2D eigenvalue weighted by Crippen LogP contribution is -1.83. The topological polar surface area (TPSA) is 12.4 Å². The molecule has 0 radical (unpaired) electrons. The van der Waals surface area contributed by atoms with Gasteiger partial charge in [0.05, 0.1) is 5.69 Å². The molecule has 0 saturated heterocycles. The minimum Gasteiger partial charge on any atom is -0.256 e. The summed E-state index contributed by atoms with van der Waals surface area (Å²) in [6.45, 7) is 2.02. The highest BCUT2D eigenvalue weighted by molar-refractivity contribution is 6.33. The molecule has 2 aromatic carbocycles. The molecule has 0 bridgehead atoms. The van der Waals surface area contributed by atoms with Gasteiger partial charge in [-0.25, -0.2) is 0 Å². The van der Waals surface area contributed by atoms with Crippen molar-refractivity contribution in [3.8, 4) is 0 Å². The summed E-state index contributed by atoms with van der Waals surface area (Å²) in [5.74, 6) is 0. The standard InChI is InChI=1S/C14H12ClN/c1-11-7-8-12(14(15)9-11)10-16-13-5-3-2-4-6-13/h2-10H,1H3/b16-10+. The van der Waals surface area contributed by atoms with Gasteiger partial charge < -0.3 is 0 Å². The molecule has 2 aromatic rings. The normalized spacial score (nSPS) is 10.9. The van der Waals surface area contributed by atoms with E-state index in [1.807, 2.05) is 55.5 Å². The predicted molar refractivity (Wildman–Crippen MR) is 69.9 cm³/mol. The second-order valence-corrected chi connectivity index (χ2v) is 4.03. The molecule has 0 aliphatic carbocycles. The first kappa shape index (κ1) is 10.9. The Morgan fingerprint density at radius 2 is 1.81 bits per heavy atom. The van der Waals surface area contributed by atoms with E-state index in [1.165, 1.54) is 0 Å². The maximum atomic E-state index is 6.10. The quantitative estimate of drug-likeness (QED) is 0.677. The van der Waals surface area contributed by atoms with Gasteiger partial charge in [0.2, 0.25) is 0 Å². The fourth-order valence-electron chi connectivity index (χ4n) is 1.40. The molecule has 2 heteroatoms. The third-order valence-corrected chi connectivity index (χ3v) is 2.59. The maximum absolute atomic E-state index is 6.10. The van der Waals surface area contributed by atoms with E-state index in [0.29, 0.717) is 0 Å². The molecule has 0 aliphatic heterocycles. The van der Waals surface area contributed by atoms with Crippen molar-refractivity contribution in [3.63, 3.8) is 0 Å². The number of para-hydroxylation sites is 1. The average molecular weight is 230 g/mol. The molecule has 0 aromatic heterocycles. The zero-order valence-corrected chi connectivity index (χ0v) is 9.78. The molecule has 2 rings (SSSR count). The summed E-state index contributed by atoms with van der Waals surface area (Å²) < 4.78 is 0. The molecule has 0 aliphatic rings. The summed E-state index contributed by atoms with van der Waals surface area (Å²) in [6.07, 6.45) is 1.79. The Morgan fingerprint density at radius 3 is 2.50 bits per heavy atom. The van der Waals surface area contributed by atoms with Gasteiger partial charge in [0, 0.05) is 16.8 Å². The molecule has 0 amide bonds. The van der Waals surface area contributed by atoms with Crippen LogP contribution < -0.4 is 0 Å². The summed E-state index contributed by atoms with van der Waals surface area (Å²) >= 11 is 6.10. The van der Waals surface area contributed by atoms with Crippen LogP contribution in [-0.4, -0.2) is 6.21 Å². The van der Waals surface area contributed by atoms with Crippen LogP contribution in [-0.2, 0) is 0 Å². The molecular weight excluding hydrogens is 218 g/mol. The molecule has 0 fully saturated rings. The van der Waals surface area contributed by atoms with Crippen molar-refractivity contribution in [3.05, 3.63) is 64.7 Å². The van der Waals surface area contributed by atoms with E-state index in [4.69, 9.17) is 11.6 Å². The minimum atomic E-state index is 0.736. The largest absolute Gasteiger partial charge is 0.256 e. The Labute approximate surface area is 100 Å². The number of hydrogen-bond acceptors (Lipinski definition) is 1. The zero-order chi connectivity index (χ0) is 11.4. The molecule has 0 N–H and O–H groups in total. The van der Waals surface area contributed by atoms with Crippen LogP contribution in [0.15, 0.2) is 53.5 Å². The molecule has 0 saturated carbocycles. The number of hydrogen-bond donors (Lipinski definition) is 0. The van der Waals surface area contributed by atoms with E-state index in [2.05, 4.69) is 4.99 Å². The van der Waals surface area contributed by atoms with Crippen LogP contribution in [0.3, 0.4) is 0 Å². The minimum absolute atomic E-state index is 0.736. The molecule has 0 heterocycles. The number of nitrogens with zero attached hydrogens (tertiary/aromatic N) is 1. The van der Waals surface area contributed by atoms with Crippen LogP contribution in [0, 0.1) is 6.92 Å². The Kier molecular flexibility index (Phi) is 3.37. The fraction of sp³-hybridized carbons (Fsp3) is 0.0714. The molecule has 0 spiro atoms. The van der Waals surface area contributed by atoms with Crippen molar-refractivity contribution in [1.29, 1.82) is 0 Å². The Morgan fingerprint density at radius 1 is 1.06 bits per heavy atom. The number of aryl methyl sites for hydroxylation is 1. The van der Waals surface area contributed by atoms with Gasteiger partial charge in [-0.1, -0.05) is 41.9 Å². The van der Waals surface area contributed by atoms with Crippen molar-refractivity contribution in [1.82, 2.24) is 0 Å². The van der Waals surface area contributed by atoms with Crippen LogP contribution in [0.25, 0.3) is 0 Å². The van der Waals surface area contributed by atoms with Gasteiger partial charge in [0.15, 0.2) is 0 Å². The summed E-state index contributed by atoms with van der Waals surface area (Å²) in [6, 6.07) is 15.7. The maximum Gasteiger partial charge on any atom is 0.0629 e. The van der Waals surface area contributed by atoms with E-state index in [-0.39, 0.29) is 0 Å². The van der Waals surface area contributed by atoms with Crippen LogP contribution in [0.2, 0.25) is 5.02 Å². The van der Waals surface area contributed by atoms with E-state index in [9.17, 15) is 0 Å². The lowest BCUT2D eigenvalue weighted by molar-refractivity contribution is 1.46. The highest BCUT2D eigenvalue weighted by atomic mass is 35.5. The summed E-state index contributed by atoms with van der Waals surface area (Å²) in [5.41, 5.74) is 3.03. The van der Waals surface area contributed by atoms with Gasteiger partial charge in [0.25, 0.3) is 0 Å². The van der Waals surface area contributed by atoms with Gasteiger partial charge in [-0.15, -0.1) is 0 Å². The van der Waals surface area contributed by atoms with Gasteiger partial charge in [-0.3, -0.25) is 4.99 Å². The second-order valence-electron chi connectivity index (χ2n) is 3.62. The Bertz CT molecular complexity index is 503. The second kappa shape index (κ2) is 4.95. The van der Waals surface area contributed by atoms with E-state index < -0.39 is 0 Å². The monoisotopic (exact) mass is 229 g/mol. The van der Waals surface area contributed by atoms with Crippen molar-refractivity contribution >= 4 is 23.5 Å². The zero-order valence-electron chi connectivity index (χ0n) is 9.02. The number of halogens is 1. The van der Waals surface area contributed by atoms with Gasteiger partial charge in [-0.2, -0.15) is 0 Å². The highest BCUT2D eigenvalue weighted by Crippen LogP contribution is 2.17. The number of benzene rings is 2. The first-order valence-corrected chi connectivity index (χ1v) is 5.49. The summed E-state index contributed by atoms with van der Waals surface area (Å²) in [7, 11) is 0. The smallest absolute Gasteiger partial charge is 0.0629 e. The lowest BCUT2D eigenvalue weighted by atomic mass is 10.2. The first-order chi connectivity index (χ1) is 7.75. The molecule has 1 nitrogen and oxygen atoms in total. The molecule has 0 atom stereocenters. The third kappa shape index (κ3) is 2.71. The number of aliphatic imine (C=N–C) groups is 1. The van der Waals surface area contributed by atoms with E-state index in [1.54, 1.807) is 6.21 Å². The molecule has 0 unspecified atom stereocenters. The third-order valence-electron chi connectivity index (χ3n) is 2.26. The Hall–Kier alpha value is -1.60. The SMILES string of the molecule is Cc1ccc(/C=N/c2ccccc2)c(Cl)c1. The van der Waals surface area contributed by atoms with Crippen molar-refractivity contribution in [2.45, 2.75) is 6.92 Å². The van der Waals surface area contributed by atoms with Crippen molar-refractivity contribution in [2.24, 2.45) is 4.99 Å². The van der Waals surface area contributed by atoms with E-state index in [0.717, 1.165) is 21.8 Å².